The molecule has 0 saturated carbocycles. The molecule has 0 spiro atoms. The summed E-state index contributed by atoms with van der Waals surface area (Å²) >= 11 is 0. The Labute approximate surface area is 97.3 Å². The lowest BCUT2D eigenvalue weighted by Gasteiger charge is -2.32. The van der Waals surface area contributed by atoms with Gasteiger partial charge in [-0.3, -0.25) is 4.79 Å². The van der Waals surface area contributed by atoms with Crippen LogP contribution in [0.5, 0.6) is 0 Å². The molecule has 2 aliphatic heterocycles. The van der Waals surface area contributed by atoms with Crippen LogP contribution in [0.15, 0.2) is 0 Å². The standard InChI is InChI=1S/C12H22N2O2/c1-3-10-4-6-14(8-10)12(15)11-9(2)16-7-5-13-11/h9-11,13H,3-8H2,1-2H3/t9-,10?,11+/m1/s1. The Morgan fingerprint density at radius 3 is 3.00 bits per heavy atom. The van der Waals surface area contributed by atoms with Crippen LogP contribution in [0.1, 0.15) is 26.7 Å². The third-order valence-corrected chi connectivity index (χ3v) is 3.76. The van der Waals surface area contributed by atoms with Crippen molar-refractivity contribution in [3.8, 4) is 0 Å². The number of ether oxygens (including phenoxy) is 1. The average Bonchev–Trinajstić information content (AvgIpc) is 2.77. The molecule has 4 heteroatoms. The Morgan fingerprint density at radius 2 is 2.38 bits per heavy atom. The fraction of sp³-hybridized carbons (Fsp3) is 0.917. The van der Waals surface area contributed by atoms with Gasteiger partial charge in [-0.2, -0.15) is 0 Å². The summed E-state index contributed by atoms with van der Waals surface area (Å²) in [6.45, 7) is 7.52. The van der Waals surface area contributed by atoms with E-state index >= 15 is 0 Å². The molecule has 16 heavy (non-hydrogen) atoms. The van der Waals surface area contributed by atoms with Gasteiger partial charge >= 0.3 is 0 Å². The van der Waals surface area contributed by atoms with E-state index in [-0.39, 0.29) is 18.1 Å². The Bertz CT molecular complexity index is 257. The van der Waals surface area contributed by atoms with Crippen molar-refractivity contribution >= 4 is 5.91 Å². The van der Waals surface area contributed by atoms with Gasteiger partial charge in [-0.05, 0) is 19.3 Å². The van der Waals surface area contributed by atoms with Gasteiger partial charge in [0, 0.05) is 19.6 Å². The molecule has 2 aliphatic rings. The number of hydrogen-bond acceptors (Lipinski definition) is 3. The second-order valence-corrected chi connectivity index (χ2v) is 4.85. The Balaban J connectivity index is 1.91. The molecule has 92 valence electrons. The molecule has 0 aromatic carbocycles. The van der Waals surface area contributed by atoms with Gasteiger partial charge in [0.15, 0.2) is 0 Å². The Hall–Kier alpha value is -0.610. The van der Waals surface area contributed by atoms with Gasteiger partial charge in [-0.25, -0.2) is 0 Å². The van der Waals surface area contributed by atoms with Crippen molar-refractivity contribution in [2.75, 3.05) is 26.2 Å². The minimum Gasteiger partial charge on any atom is -0.375 e. The predicted molar refractivity (Wildman–Crippen MR) is 62.2 cm³/mol. The molecule has 0 aromatic rings. The molecule has 2 rings (SSSR count). The zero-order valence-corrected chi connectivity index (χ0v) is 10.2. The number of amides is 1. The topological polar surface area (TPSA) is 41.6 Å². The predicted octanol–water partition coefficient (Wildman–Crippen LogP) is 0.622. The van der Waals surface area contributed by atoms with Crippen LogP contribution >= 0.6 is 0 Å². The van der Waals surface area contributed by atoms with Gasteiger partial charge in [0.25, 0.3) is 0 Å². The van der Waals surface area contributed by atoms with Crippen LogP contribution in [-0.4, -0.2) is 49.2 Å². The first-order valence-electron chi connectivity index (χ1n) is 6.36. The second kappa shape index (κ2) is 5.15. The fourth-order valence-corrected chi connectivity index (χ4v) is 2.57. The van der Waals surface area contributed by atoms with Crippen LogP contribution in [0.2, 0.25) is 0 Å². The number of likely N-dealkylation sites (tertiary alicyclic amines) is 1. The summed E-state index contributed by atoms with van der Waals surface area (Å²) in [6.07, 6.45) is 2.33. The molecule has 2 saturated heterocycles. The normalized spacial score (nSPS) is 35.4. The van der Waals surface area contributed by atoms with Gasteiger partial charge in [-0.1, -0.05) is 13.3 Å². The molecule has 0 radical (unpaired) electrons. The Morgan fingerprint density at radius 1 is 1.56 bits per heavy atom. The van der Waals surface area contributed by atoms with E-state index in [1.165, 1.54) is 6.42 Å². The van der Waals surface area contributed by atoms with E-state index < -0.39 is 0 Å². The van der Waals surface area contributed by atoms with Crippen LogP contribution < -0.4 is 5.32 Å². The van der Waals surface area contributed by atoms with Crippen LogP contribution in [0.4, 0.5) is 0 Å². The molecule has 3 atom stereocenters. The molecule has 0 aliphatic carbocycles. The molecule has 4 nitrogen and oxygen atoms in total. The molecule has 1 amide bonds. The lowest BCUT2D eigenvalue weighted by atomic mass is 10.1. The third-order valence-electron chi connectivity index (χ3n) is 3.76. The van der Waals surface area contributed by atoms with Crippen molar-refractivity contribution < 1.29 is 9.53 Å². The number of morpholine rings is 1. The van der Waals surface area contributed by atoms with E-state index in [9.17, 15) is 4.79 Å². The molecule has 2 fully saturated rings. The fourth-order valence-electron chi connectivity index (χ4n) is 2.57. The number of nitrogens with zero attached hydrogens (tertiary/aromatic N) is 1. The van der Waals surface area contributed by atoms with E-state index in [4.69, 9.17) is 4.74 Å². The van der Waals surface area contributed by atoms with Crippen LogP contribution in [-0.2, 0) is 9.53 Å². The molecule has 2 heterocycles. The van der Waals surface area contributed by atoms with E-state index in [0.29, 0.717) is 12.5 Å². The maximum absolute atomic E-state index is 12.3. The highest BCUT2D eigenvalue weighted by Gasteiger charge is 2.34. The van der Waals surface area contributed by atoms with Crippen molar-refractivity contribution in [1.82, 2.24) is 10.2 Å². The summed E-state index contributed by atoms with van der Waals surface area (Å²) in [4.78, 5) is 14.3. The first-order valence-corrected chi connectivity index (χ1v) is 6.36. The van der Waals surface area contributed by atoms with Crippen molar-refractivity contribution in [3.63, 3.8) is 0 Å². The van der Waals surface area contributed by atoms with Gasteiger partial charge in [0.05, 0.1) is 12.7 Å². The minimum absolute atomic E-state index is 0.00178. The number of hydrogen-bond donors (Lipinski definition) is 1. The second-order valence-electron chi connectivity index (χ2n) is 4.85. The van der Waals surface area contributed by atoms with Gasteiger partial charge in [0.2, 0.25) is 5.91 Å². The highest BCUT2D eigenvalue weighted by molar-refractivity contribution is 5.82. The zero-order valence-electron chi connectivity index (χ0n) is 10.2. The van der Waals surface area contributed by atoms with E-state index in [1.54, 1.807) is 0 Å². The number of nitrogens with one attached hydrogen (secondary N) is 1. The van der Waals surface area contributed by atoms with Crippen LogP contribution in [0, 0.1) is 5.92 Å². The molecule has 0 bridgehead atoms. The van der Waals surface area contributed by atoms with E-state index in [0.717, 1.165) is 26.1 Å². The maximum Gasteiger partial charge on any atom is 0.242 e. The summed E-state index contributed by atoms with van der Waals surface area (Å²) in [5.41, 5.74) is 0. The lowest BCUT2D eigenvalue weighted by molar-refractivity contribution is -0.138. The SMILES string of the molecule is CCC1CCN(C(=O)[C@H]2NCCO[C@@H]2C)C1. The smallest absolute Gasteiger partial charge is 0.242 e. The molecule has 1 N–H and O–H groups in total. The van der Waals surface area contributed by atoms with E-state index in [2.05, 4.69) is 12.2 Å². The van der Waals surface area contributed by atoms with Gasteiger partial charge in [0.1, 0.15) is 6.04 Å². The molecule has 0 aromatic heterocycles. The summed E-state index contributed by atoms with van der Waals surface area (Å²) in [6, 6.07) is -0.135. The highest BCUT2D eigenvalue weighted by atomic mass is 16.5. The van der Waals surface area contributed by atoms with Crippen molar-refractivity contribution in [1.29, 1.82) is 0 Å². The average molecular weight is 226 g/mol. The zero-order chi connectivity index (χ0) is 11.5. The van der Waals surface area contributed by atoms with Crippen molar-refractivity contribution in [2.24, 2.45) is 5.92 Å². The maximum atomic E-state index is 12.3. The van der Waals surface area contributed by atoms with Gasteiger partial charge in [-0.15, -0.1) is 0 Å². The Kier molecular flexibility index (Phi) is 3.82. The monoisotopic (exact) mass is 226 g/mol. The molecule has 1 unspecified atom stereocenters. The minimum atomic E-state index is -0.135. The van der Waals surface area contributed by atoms with Crippen LogP contribution in [0.25, 0.3) is 0 Å². The number of rotatable bonds is 2. The number of carbonyl (C=O) groups excluding carboxylic acids is 1. The lowest BCUT2D eigenvalue weighted by Crippen LogP contribution is -2.56. The summed E-state index contributed by atoms with van der Waals surface area (Å²) in [7, 11) is 0. The first-order chi connectivity index (χ1) is 7.72. The van der Waals surface area contributed by atoms with E-state index in [1.807, 2.05) is 11.8 Å². The quantitative estimate of drug-likeness (QED) is 0.750. The van der Waals surface area contributed by atoms with Crippen LogP contribution in [0.3, 0.4) is 0 Å². The van der Waals surface area contributed by atoms with Gasteiger partial charge < -0.3 is 15.0 Å². The molecular formula is C12H22N2O2. The largest absolute Gasteiger partial charge is 0.375 e. The highest BCUT2D eigenvalue weighted by Crippen LogP contribution is 2.20. The third kappa shape index (κ3) is 2.38. The first kappa shape index (κ1) is 11.9. The van der Waals surface area contributed by atoms with Crippen molar-refractivity contribution in [2.45, 2.75) is 38.8 Å². The van der Waals surface area contributed by atoms with Crippen molar-refractivity contribution in [3.05, 3.63) is 0 Å². The summed E-state index contributed by atoms with van der Waals surface area (Å²) < 4.78 is 5.51. The summed E-state index contributed by atoms with van der Waals surface area (Å²) in [5.74, 6) is 0.923. The number of carbonyl (C=O) groups is 1. The summed E-state index contributed by atoms with van der Waals surface area (Å²) in [5, 5.41) is 3.26. The molecular weight excluding hydrogens is 204 g/mol.